The predicted octanol–water partition coefficient (Wildman–Crippen LogP) is 8.32. The molecule has 4 rings (SSSR count). The Labute approximate surface area is 205 Å². The topological polar surface area (TPSA) is 26.3 Å². The Balaban J connectivity index is 1.44. The molecule has 2 aromatic carbocycles. The van der Waals surface area contributed by atoms with Gasteiger partial charge in [-0.05, 0) is 111 Å². The van der Waals surface area contributed by atoms with Crippen molar-refractivity contribution >= 4 is 5.97 Å². The summed E-state index contributed by atoms with van der Waals surface area (Å²) in [5.41, 5.74) is 0.553. The SMILES string of the molecule is C=CC1CCC2CC(c3ccc(C(=O)Oc4ccc(CC/C=C/C)cc4F)c(F)c3F)CCC2C1. The van der Waals surface area contributed by atoms with Crippen LogP contribution in [0.1, 0.15) is 79.3 Å². The molecule has 2 aliphatic carbocycles. The fourth-order valence-corrected chi connectivity index (χ4v) is 5.81. The maximum Gasteiger partial charge on any atom is 0.346 e. The summed E-state index contributed by atoms with van der Waals surface area (Å²) < 4.78 is 49.6. The van der Waals surface area contributed by atoms with Gasteiger partial charge in [-0.2, -0.15) is 0 Å². The summed E-state index contributed by atoms with van der Waals surface area (Å²) in [6.07, 6.45) is 13.3. The molecule has 2 aromatic rings. The third kappa shape index (κ3) is 5.71. The molecule has 0 N–H and O–H groups in total. The van der Waals surface area contributed by atoms with Crippen molar-refractivity contribution in [3.63, 3.8) is 0 Å². The lowest BCUT2D eigenvalue weighted by Crippen LogP contribution is -2.30. The highest BCUT2D eigenvalue weighted by molar-refractivity contribution is 5.91. The van der Waals surface area contributed by atoms with Crippen LogP contribution in [0.5, 0.6) is 5.75 Å². The maximum absolute atomic E-state index is 15.1. The average Bonchev–Trinajstić information content (AvgIpc) is 2.86. The minimum Gasteiger partial charge on any atom is -0.420 e. The Hall–Kier alpha value is -2.82. The normalized spacial score (nSPS) is 24.2. The number of esters is 1. The van der Waals surface area contributed by atoms with Crippen molar-refractivity contribution in [2.75, 3.05) is 0 Å². The van der Waals surface area contributed by atoms with E-state index in [1.54, 1.807) is 6.07 Å². The molecule has 0 aromatic heterocycles. The molecular formula is C30H33F3O2. The van der Waals surface area contributed by atoms with Crippen LogP contribution in [0.25, 0.3) is 0 Å². The number of benzene rings is 2. The largest absolute Gasteiger partial charge is 0.420 e. The summed E-state index contributed by atoms with van der Waals surface area (Å²) in [4.78, 5) is 12.6. The minimum atomic E-state index is -1.23. The lowest BCUT2D eigenvalue weighted by molar-refractivity contribution is 0.0721. The van der Waals surface area contributed by atoms with Crippen molar-refractivity contribution < 1.29 is 22.7 Å². The third-order valence-corrected chi connectivity index (χ3v) is 7.79. The zero-order valence-corrected chi connectivity index (χ0v) is 20.2. The van der Waals surface area contributed by atoms with Gasteiger partial charge in [-0.25, -0.2) is 18.0 Å². The van der Waals surface area contributed by atoms with E-state index in [9.17, 15) is 13.6 Å². The Morgan fingerprint density at radius 3 is 2.54 bits per heavy atom. The van der Waals surface area contributed by atoms with E-state index in [0.29, 0.717) is 29.7 Å². The second kappa shape index (κ2) is 11.3. The van der Waals surface area contributed by atoms with Gasteiger partial charge in [0.2, 0.25) is 0 Å². The van der Waals surface area contributed by atoms with Gasteiger partial charge in [-0.3, -0.25) is 0 Å². The standard InChI is InChI=1S/C30H33F3O2/c1-3-5-6-7-20-9-15-27(26(31)17-20)35-30(34)25-14-13-24(28(32)29(25)33)23-12-11-21-16-19(4-2)8-10-22(21)18-23/h3-5,9,13-15,17,19,21-23H,2,6-8,10-12,16,18H2,1H3/b5-3+. The molecule has 0 radical (unpaired) electrons. The van der Waals surface area contributed by atoms with Gasteiger partial charge >= 0.3 is 5.97 Å². The van der Waals surface area contributed by atoms with Crippen LogP contribution in [-0.4, -0.2) is 5.97 Å². The molecule has 4 unspecified atom stereocenters. The summed E-state index contributed by atoms with van der Waals surface area (Å²) in [5, 5.41) is 0. The van der Waals surface area contributed by atoms with Gasteiger partial charge in [-0.1, -0.05) is 30.4 Å². The monoisotopic (exact) mass is 482 g/mol. The molecule has 186 valence electrons. The van der Waals surface area contributed by atoms with Crippen molar-refractivity contribution in [1.82, 2.24) is 0 Å². The summed E-state index contributed by atoms with van der Waals surface area (Å²) in [7, 11) is 0. The number of rotatable bonds is 7. The highest BCUT2D eigenvalue weighted by atomic mass is 19.2. The quantitative estimate of drug-likeness (QED) is 0.225. The second-order valence-electron chi connectivity index (χ2n) is 9.93. The van der Waals surface area contributed by atoms with Crippen molar-refractivity contribution in [2.24, 2.45) is 17.8 Å². The Morgan fingerprint density at radius 2 is 1.80 bits per heavy atom. The molecular weight excluding hydrogens is 449 g/mol. The van der Waals surface area contributed by atoms with Gasteiger partial charge in [0.15, 0.2) is 23.2 Å². The first kappa shape index (κ1) is 25.3. The molecule has 2 saturated carbocycles. The van der Waals surface area contributed by atoms with Crippen LogP contribution in [0, 0.1) is 35.2 Å². The van der Waals surface area contributed by atoms with E-state index in [1.165, 1.54) is 24.3 Å². The molecule has 0 heterocycles. The van der Waals surface area contributed by atoms with E-state index in [0.717, 1.165) is 50.5 Å². The number of ether oxygens (including phenoxy) is 1. The Morgan fingerprint density at radius 1 is 1.03 bits per heavy atom. The highest BCUT2D eigenvalue weighted by Crippen LogP contribution is 2.48. The molecule has 0 amide bonds. The summed E-state index contributed by atoms with van der Waals surface area (Å²) in [6, 6.07) is 7.07. The van der Waals surface area contributed by atoms with Crippen LogP contribution in [-0.2, 0) is 6.42 Å². The number of aryl methyl sites for hydroxylation is 1. The fourth-order valence-electron chi connectivity index (χ4n) is 5.81. The molecule has 0 spiro atoms. The smallest absolute Gasteiger partial charge is 0.346 e. The third-order valence-electron chi connectivity index (χ3n) is 7.79. The van der Waals surface area contributed by atoms with Gasteiger partial charge in [0.1, 0.15) is 0 Å². The van der Waals surface area contributed by atoms with Crippen molar-refractivity contribution in [2.45, 2.75) is 64.2 Å². The second-order valence-corrected chi connectivity index (χ2v) is 9.93. The fraction of sp³-hybridized carbons (Fsp3) is 0.433. The molecule has 2 fully saturated rings. The van der Waals surface area contributed by atoms with Crippen molar-refractivity contribution in [3.8, 4) is 5.75 Å². The first-order valence-corrected chi connectivity index (χ1v) is 12.6. The number of allylic oxidation sites excluding steroid dienone is 3. The number of hydrogen-bond acceptors (Lipinski definition) is 2. The lowest BCUT2D eigenvalue weighted by Gasteiger charge is -2.41. The molecule has 35 heavy (non-hydrogen) atoms. The molecule has 0 saturated heterocycles. The zero-order chi connectivity index (χ0) is 24.9. The van der Waals surface area contributed by atoms with Crippen LogP contribution in [0.4, 0.5) is 13.2 Å². The predicted molar refractivity (Wildman–Crippen MR) is 132 cm³/mol. The summed E-state index contributed by atoms with van der Waals surface area (Å²) >= 11 is 0. The van der Waals surface area contributed by atoms with E-state index in [1.807, 2.05) is 25.2 Å². The summed E-state index contributed by atoms with van der Waals surface area (Å²) in [5.74, 6) is -2.72. The highest BCUT2D eigenvalue weighted by Gasteiger charge is 2.36. The Bertz CT molecular complexity index is 1110. The van der Waals surface area contributed by atoms with Gasteiger partial charge in [0, 0.05) is 0 Å². The van der Waals surface area contributed by atoms with E-state index < -0.39 is 29.0 Å². The minimum absolute atomic E-state index is 0.0661. The van der Waals surface area contributed by atoms with E-state index >= 15 is 4.39 Å². The number of carbonyl (C=O) groups excluding carboxylic acids is 1. The molecule has 5 heteroatoms. The van der Waals surface area contributed by atoms with Crippen LogP contribution < -0.4 is 4.74 Å². The van der Waals surface area contributed by atoms with Crippen molar-refractivity contribution in [3.05, 3.63) is 89.3 Å². The molecule has 0 bridgehead atoms. The van der Waals surface area contributed by atoms with Gasteiger partial charge in [0.05, 0.1) is 5.56 Å². The number of carbonyl (C=O) groups is 1. The van der Waals surface area contributed by atoms with E-state index in [2.05, 4.69) is 6.58 Å². The van der Waals surface area contributed by atoms with Crippen molar-refractivity contribution in [1.29, 1.82) is 0 Å². The van der Waals surface area contributed by atoms with E-state index in [4.69, 9.17) is 4.74 Å². The maximum atomic E-state index is 15.1. The number of hydrogen-bond donors (Lipinski definition) is 0. The van der Waals surface area contributed by atoms with Gasteiger partial charge < -0.3 is 4.74 Å². The van der Waals surface area contributed by atoms with Crippen LogP contribution >= 0.6 is 0 Å². The Kier molecular flexibility index (Phi) is 8.15. The average molecular weight is 483 g/mol. The summed E-state index contributed by atoms with van der Waals surface area (Å²) in [6.45, 7) is 5.84. The first-order valence-electron chi connectivity index (χ1n) is 12.6. The van der Waals surface area contributed by atoms with E-state index in [-0.39, 0.29) is 11.7 Å². The van der Waals surface area contributed by atoms with Crippen LogP contribution in [0.2, 0.25) is 0 Å². The van der Waals surface area contributed by atoms with Crippen LogP contribution in [0.3, 0.4) is 0 Å². The number of fused-ring (bicyclic) bond motifs is 1. The zero-order valence-electron chi connectivity index (χ0n) is 20.2. The van der Waals surface area contributed by atoms with Gasteiger partial charge in [-0.15, -0.1) is 6.58 Å². The molecule has 2 aliphatic rings. The molecule has 0 aliphatic heterocycles. The lowest BCUT2D eigenvalue weighted by atomic mass is 9.64. The van der Waals surface area contributed by atoms with Crippen LogP contribution in [0.15, 0.2) is 55.1 Å². The van der Waals surface area contributed by atoms with Gasteiger partial charge in [0.25, 0.3) is 0 Å². The molecule has 2 nitrogen and oxygen atoms in total. The number of halogens is 3. The first-order chi connectivity index (χ1) is 16.9. The molecule has 4 atom stereocenters.